The van der Waals surface area contributed by atoms with Gasteiger partial charge in [-0.1, -0.05) is 13.0 Å². The normalized spacial score (nSPS) is 17.6. The van der Waals surface area contributed by atoms with Gasteiger partial charge in [-0.05, 0) is 48.9 Å². The van der Waals surface area contributed by atoms with Crippen LogP contribution in [0.15, 0.2) is 17.4 Å². The summed E-state index contributed by atoms with van der Waals surface area (Å²) >= 11 is 0. The molecule has 6 heteroatoms. The minimum atomic E-state index is -0.653. The molecule has 0 bridgehead atoms. The fourth-order valence-electron chi connectivity index (χ4n) is 3.74. The summed E-state index contributed by atoms with van der Waals surface area (Å²) in [6.07, 6.45) is 0.574. The van der Waals surface area contributed by atoms with Gasteiger partial charge in [0.2, 0.25) is 0 Å². The summed E-state index contributed by atoms with van der Waals surface area (Å²) in [6.45, 7) is 7.33. The topological polar surface area (TPSA) is 109 Å². The van der Waals surface area contributed by atoms with Gasteiger partial charge >= 0.3 is 6.03 Å². The van der Waals surface area contributed by atoms with E-state index in [1.54, 1.807) is 6.92 Å². The number of hydrogen-bond acceptors (Lipinski definition) is 4. The molecule has 0 heterocycles. The third-order valence-electron chi connectivity index (χ3n) is 4.73. The van der Waals surface area contributed by atoms with Crippen LogP contribution in [0.2, 0.25) is 0 Å². The largest absolute Gasteiger partial charge is 0.511 e. The molecule has 2 amide bonds. The molecule has 6 nitrogen and oxygen atoms in total. The molecule has 0 saturated carbocycles. The molecular formula is C19H24N2O4. The van der Waals surface area contributed by atoms with Crippen molar-refractivity contribution in [3.05, 3.63) is 39.7 Å². The number of carbonyl (C=O) groups is 3. The van der Waals surface area contributed by atoms with Gasteiger partial charge in [-0.2, -0.15) is 0 Å². The molecule has 1 atom stereocenters. The second kappa shape index (κ2) is 7.09. The lowest BCUT2D eigenvalue weighted by atomic mass is 9.77. The van der Waals surface area contributed by atoms with Crippen LogP contribution in [0.4, 0.5) is 10.5 Å². The Morgan fingerprint density at radius 1 is 1.24 bits per heavy atom. The molecule has 0 saturated heterocycles. The highest BCUT2D eigenvalue weighted by atomic mass is 16.3. The number of ketones is 2. The second-order valence-electron chi connectivity index (χ2n) is 6.54. The number of primary amides is 1. The van der Waals surface area contributed by atoms with Crippen molar-refractivity contribution in [2.45, 2.75) is 52.9 Å². The Labute approximate surface area is 147 Å². The summed E-state index contributed by atoms with van der Waals surface area (Å²) in [7, 11) is 0. The first-order valence-corrected chi connectivity index (χ1v) is 8.32. The molecule has 1 aliphatic carbocycles. The van der Waals surface area contributed by atoms with Crippen LogP contribution in [0.3, 0.4) is 0 Å². The monoisotopic (exact) mass is 344 g/mol. The highest BCUT2D eigenvalue weighted by Gasteiger charge is 2.33. The Kier molecular flexibility index (Phi) is 5.30. The Hall–Kier alpha value is -2.63. The van der Waals surface area contributed by atoms with E-state index in [9.17, 15) is 19.5 Å². The molecule has 1 unspecified atom stereocenters. The van der Waals surface area contributed by atoms with Gasteiger partial charge in [0.05, 0.1) is 5.57 Å². The fourth-order valence-corrected chi connectivity index (χ4v) is 3.74. The molecule has 1 aromatic carbocycles. The van der Waals surface area contributed by atoms with Crippen LogP contribution in [0, 0.1) is 20.8 Å². The molecule has 0 radical (unpaired) electrons. The van der Waals surface area contributed by atoms with E-state index in [-0.39, 0.29) is 48.1 Å². The standard InChI is InChI=1S/C19H24N2O4/c1-5-13(22)17-14(23)7-12(8-15(17)24)16-9(2)6-10(3)18(11(16)4)21-19(20)25/h6,12,23H,5,7-8H2,1-4H3,(H3,20,21,25). The molecular weight excluding hydrogens is 320 g/mol. The molecule has 2 rings (SSSR count). The average molecular weight is 344 g/mol. The number of hydrogen-bond donors (Lipinski definition) is 3. The SMILES string of the molecule is CCC(=O)C1=C(O)CC(c2c(C)cc(C)c(NC(N)=O)c2C)CC1=O. The molecule has 1 aromatic rings. The maximum absolute atomic E-state index is 12.4. The van der Waals surface area contributed by atoms with Crippen LogP contribution in [-0.4, -0.2) is 22.7 Å². The number of amides is 2. The number of allylic oxidation sites excluding steroid dienone is 2. The van der Waals surface area contributed by atoms with Gasteiger partial charge in [-0.3, -0.25) is 9.59 Å². The first-order chi connectivity index (χ1) is 11.7. The maximum Gasteiger partial charge on any atom is 0.316 e. The Morgan fingerprint density at radius 2 is 1.88 bits per heavy atom. The zero-order valence-corrected chi connectivity index (χ0v) is 15.0. The number of nitrogens with one attached hydrogen (secondary N) is 1. The number of aryl methyl sites for hydroxylation is 2. The minimum absolute atomic E-state index is 0.0587. The van der Waals surface area contributed by atoms with E-state index in [1.165, 1.54) is 0 Å². The molecule has 0 spiro atoms. The third-order valence-corrected chi connectivity index (χ3v) is 4.73. The fraction of sp³-hybridized carbons (Fsp3) is 0.421. The van der Waals surface area contributed by atoms with Crippen molar-refractivity contribution in [2.24, 2.45) is 5.73 Å². The van der Waals surface area contributed by atoms with Gasteiger partial charge in [-0.15, -0.1) is 0 Å². The lowest BCUT2D eigenvalue weighted by molar-refractivity contribution is -0.122. The zero-order valence-electron chi connectivity index (χ0n) is 15.0. The molecule has 4 N–H and O–H groups in total. The van der Waals surface area contributed by atoms with E-state index in [4.69, 9.17) is 5.73 Å². The first kappa shape index (κ1) is 18.7. The summed E-state index contributed by atoms with van der Waals surface area (Å²) in [5, 5.41) is 12.9. The molecule has 134 valence electrons. The van der Waals surface area contributed by atoms with Crippen LogP contribution < -0.4 is 11.1 Å². The minimum Gasteiger partial charge on any atom is -0.511 e. The molecule has 0 aliphatic heterocycles. The number of benzene rings is 1. The zero-order chi connectivity index (χ0) is 18.9. The van der Waals surface area contributed by atoms with E-state index in [0.29, 0.717) is 5.69 Å². The molecule has 0 aromatic heterocycles. The Morgan fingerprint density at radius 3 is 2.40 bits per heavy atom. The van der Waals surface area contributed by atoms with Crippen LogP contribution in [-0.2, 0) is 9.59 Å². The van der Waals surface area contributed by atoms with Gasteiger partial charge in [0, 0.05) is 24.9 Å². The first-order valence-electron chi connectivity index (χ1n) is 8.32. The highest BCUT2D eigenvalue weighted by molar-refractivity contribution is 6.21. The smallest absolute Gasteiger partial charge is 0.316 e. The van der Waals surface area contributed by atoms with Gasteiger partial charge in [0.1, 0.15) is 5.76 Å². The van der Waals surface area contributed by atoms with Crippen molar-refractivity contribution < 1.29 is 19.5 Å². The molecule has 0 fully saturated rings. The average Bonchev–Trinajstić information content (AvgIpc) is 2.50. The van der Waals surface area contributed by atoms with Crippen molar-refractivity contribution in [3.8, 4) is 0 Å². The number of anilines is 1. The quantitative estimate of drug-likeness (QED) is 0.728. The maximum atomic E-state index is 12.4. The van der Waals surface area contributed by atoms with Crippen molar-refractivity contribution >= 4 is 23.3 Å². The summed E-state index contributed by atoms with van der Waals surface area (Å²) < 4.78 is 0. The second-order valence-corrected chi connectivity index (χ2v) is 6.54. The van der Waals surface area contributed by atoms with Crippen molar-refractivity contribution in [1.29, 1.82) is 0 Å². The van der Waals surface area contributed by atoms with Gasteiger partial charge < -0.3 is 16.2 Å². The van der Waals surface area contributed by atoms with Crippen LogP contribution in [0.5, 0.6) is 0 Å². The summed E-state index contributed by atoms with van der Waals surface area (Å²) in [5.74, 6) is -1.04. The van der Waals surface area contributed by atoms with Gasteiger partial charge in [0.25, 0.3) is 0 Å². The number of aliphatic hydroxyl groups is 1. The number of carbonyl (C=O) groups excluding carboxylic acids is 3. The van der Waals surface area contributed by atoms with Crippen LogP contribution in [0.25, 0.3) is 0 Å². The van der Waals surface area contributed by atoms with Crippen LogP contribution >= 0.6 is 0 Å². The predicted molar refractivity (Wildman–Crippen MR) is 95.8 cm³/mol. The molecule has 1 aliphatic rings. The van der Waals surface area contributed by atoms with Crippen molar-refractivity contribution in [2.75, 3.05) is 5.32 Å². The number of aliphatic hydroxyl groups excluding tert-OH is 1. The number of nitrogens with two attached hydrogens (primary N) is 1. The lowest BCUT2D eigenvalue weighted by Crippen LogP contribution is -2.25. The predicted octanol–water partition coefficient (Wildman–Crippen LogP) is 3.34. The number of rotatable bonds is 4. The lowest BCUT2D eigenvalue weighted by Gasteiger charge is -2.27. The van der Waals surface area contributed by atoms with Gasteiger partial charge in [-0.25, -0.2) is 4.79 Å². The molecule has 25 heavy (non-hydrogen) atoms. The summed E-state index contributed by atoms with van der Waals surface area (Å²) in [6, 6.07) is 1.27. The summed E-state index contributed by atoms with van der Waals surface area (Å²) in [4.78, 5) is 35.6. The van der Waals surface area contributed by atoms with Crippen molar-refractivity contribution in [1.82, 2.24) is 0 Å². The highest BCUT2D eigenvalue weighted by Crippen LogP contribution is 2.40. The number of urea groups is 1. The number of Topliss-reactive ketones (excluding diaryl/α,β-unsaturated/α-hetero) is 2. The van der Waals surface area contributed by atoms with Crippen molar-refractivity contribution in [3.63, 3.8) is 0 Å². The van der Waals surface area contributed by atoms with E-state index in [1.807, 2.05) is 26.8 Å². The van der Waals surface area contributed by atoms with Gasteiger partial charge in [0.15, 0.2) is 11.6 Å². The van der Waals surface area contributed by atoms with E-state index in [0.717, 1.165) is 22.3 Å². The van der Waals surface area contributed by atoms with Crippen LogP contribution in [0.1, 0.15) is 54.4 Å². The Bertz CT molecular complexity index is 793. The third kappa shape index (κ3) is 3.57. The van der Waals surface area contributed by atoms with E-state index in [2.05, 4.69) is 5.32 Å². The Balaban J connectivity index is 2.50. The summed E-state index contributed by atoms with van der Waals surface area (Å²) in [5.41, 5.74) is 9.39. The van der Waals surface area contributed by atoms with E-state index < -0.39 is 6.03 Å². The van der Waals surface area contributed by atoms with E-state index >= 15 is 0 Å².